The Hall–Kier alpha value is -3.05. The SMILES string of the molecule is Cc1cc([C@@H]2Nc3ccccc3C(=O)N2Cc2ccccc2)c(C)n1C[C@H]1CCCO1. The number of hydrogen-bond donors (Lipinski definition) is 1. The van der Waals surface area contributed by atoms with Crippen molar-refractivity contribution < 1.29 is 9.53 Å². The van der Waals surface area contributed by atoms with Crippen LogP contribution in [-0.2, 0) is 17.8 Å². The van der Waals surface area contributed by atoms with Crippen molar-refractivity contribution >= 4 is 11.6 Å². The van der Waals surface area contributed by atoms with Gasteiger partial charge in [-0.2, -0.15) is 0 Å². The van der Waals surface area contributed by atoms with Gasteiger partial charge in [0.05, 0.1) is 11.7 Å². The largest absolute Gasteiger partial charge is 0.376 e. The smallest absolute Gasteiger partial charge is 0.258 e. The zero-order valence-corrected chi connectivity index (χ0v) is 18.2. The normalized spacial score (nSPS) is 20.6. The van der Waals surface area contributed by atoms with Crippen molar-refractivity contribution in [3.05, 3.63) is 88.7 Å². The fourth-order valence-electron chi connectivity index (χ4n) is 4.86. The molecule has 0 saturated carbocycles. The molecule has 1 amide bonds. The number of aryl methyl sites for hydroxylation is 1. The van der Waals surface area contributed by atoms with E-state index in [4.69, 9.17) is 4.74 Å². The lowest BCUT2D eigenvalue weighted by Crippen LogP contribution is -2.42. The molecule has 2 aliphatic heterocycles. The third kappa shape index (κ3) is 3.74. The zero-order chi connectivity index (χ0) is 21.4. The first kappa shape index (κ1) is 19.9. The van der Waals surface area contributed by atoms with Gasteiger partial charge < -0.3 is 19.5 Å². The minimum absolute atomic E-state index is 0.0622. The predicted octanol–water partition coefficient (Wildman–Crippen LogP) is 5.05. The number of nitrogens with zero attached hydrogens (tertiary/aromatic N) is 2. The van der Waals surface area contributed by atoms with Crippen LogP contribution in [0.25, 0.3) is 0 Å². The lowest BCUT2D eigenvalue weighted by Gasteiger charge is -2.38. The third-order valence-corrected chi connectivity index (χ3v) is 6.54. The van der Waals surface area contributed by atoms with Gasteiger partial charge in [-0.05, 0) is 50.5 Å². The molecule has 2 atom stereocenters. The standard InChI is InChI=1S/C26H29N3O2/c1-18-15-23(19(2)28(18)17-21-11-8-14-31-21)25-27-24-13-7-6-12-22(24)26(30)29(25)16-20-9-4-3-5-10-20/h3-7,9-10,12-13,15,21,25,27H,8,11,14,16-17H2,1-2H3/t21-,25-/m1/s1. The van der Waals surface area contributed by atoms with E-state index in [1.807, 2.05) is 47.4 Å². The lowest BCUT2D eigenvalue weighted by atomic mass is 10.0. The summed E-state index contributed by atoms with van der Waals surface area (Å²) in [6.07, 6.45) is 2.31. The molecule has 3 heterocycles. The van der Waals surface area contributed by atoms with Crippen LogP contribution in [0.1, 0.15) is 51.9 Å². The Labute approximate surface area is 183 Å². The molecule has 5 rings (SSSR count). The zero-order valence-electron chi connectivity index (χ0n) is 18.2. The fraction of sp³-hybridized carbons (Fsp3) is 0.346. The molecule has 2 aromatic carbocycles. The quantitative estimate of drug-likeness (QED) is 0.634. The van der Waals surface area contributed by atoms with Crippen molar-refractivity contribution in [1.82, 2.24) is 9.47 Å². The number of para-hydroxylation sites is 1. The maximum atomic E-state index is 13.5. The number of carbonyl (C=O) groups is 1. The van der Waals surface area contributed by atoms with Gasteiger partial charge in [0.15, 0.2) is 0 Å². The van der Waals surface area contributed by atoms with Crippen LogP contribution in [-0.4, -0.2) is 28.1 Å². The Morgan fingerprint density at radius 2 is 1.84 bits per heavy atom. The average molecular weight is 416 g/mol. The first-order valence-electron chi connectivity index (χ1n) is 11.1. The molecule has 2 aliphatic rings. The molecule has 31 heavy (non-hydrogen) atoms. The van der Waals surface area contributed by atoms with E-state index in [-0.39, 0.29) is 18.2 Å². The van der Waals surface area contributed by atoms with E-state index in [9.17, 15) is 4.79 Å². The second kappa shape index (κ2) is 8.23. The highest BCUT2D eigenvalue weighted by Gasteiger charge is 2.35. The molecule has 1 N–H and O–H groups in total. The molecule has 0 unspecified atom stereocenters. The fourth-order valence-corrected chi connectivity index (χ4v) is 4.86. The van der Waals surface area contributed by atoms with Crippen molar-refractivity contribution in [1.29, 1.82) is 0 Å². The van der Waals surface area contributed by atoms with Gasteiger partial charge in [0, 0.05) is 42.3 Å². The molecular formula is C26H29N3O2. The van der Waals surface area contributed by atoms with Crippen LogP contribution in [0.15, 0.2) is 60.7 Å². The van der Waals surface area contributed by atoms with E-state index in [1.54, 1.807) is 0 Å². The van der Waals surface area contributed by atoms with Crippen LogP contribution in [0.2, 0.25) is 0 Å². The molecule has 1 aromatic heterocycles. The number of anilines is 1. The van der Waals surface area contributed by atoms with E-state index < -0.39 is 0 Å². The van der Waals surface area contributed by atoms with E-state index >= 15 is 0 Å². The van der Waals surface area contributed by atoms with Gasteiger partial charge in [0.25, 0.3) is 5.91 Å². The van der Waals surface area contributed by atoms with Gasteiger partial charge in [0.2, 0.25) is 0 Å². The number of rotatable bonds is 5. The second-order valence-corrected chi connectivity index (χ2v) is 8.58. The molecule has 160 valence electrons. The molecule has 0 spiro atoms. The summed E-state index contributed by atoms with van der Waals surface area (Å²) in [4.78, 5) is 15.5. The summed E-state index contributed by atoms with van der Waals surface area (Å²) >= 11 is 0. The Bertz CT molecular complexity index is 1080. The highest BCUT2D eigenvalue weighted by molar-refractivity contribution is 6.01. The highest BCUT2D eigenvalue weighted by atomic mass is 16.5. The second-order valence-electron chi connectivity index (χ2n) is 8.58. The Morgan fingerprint density at radius 1 is 1.06 bits per heavy atom. The third-order valence-electron chi connectivity index (χ3n) is 6.54. The minimum Gasteiger partial charge on any atom is -0.376 e. The molecule has 0 bridgehead atoms. The van der Waals surface area contributed by atoms with Crippen LogP contribution in [0.3, 0.4) is 0 Å². The van der Waals surface area contributed by atoms with Crippen molar-refractivity contribution in [3.8, 4) is 0 Å². The van der Waals surface area contributed by atoms with Gasteiger partial charge in [-0.3, -0.25) is 4.79 Å². The Balaban J connectivity index is 1.53. The van der Waals surface area contributed by atoms with Gasteiger partial charge in [0.1, 0.15) is 6.17 Å². The van der Waals surface area contributed by atoms with Crippen molar-refractivity contribution in [2.24, 2.45) is 0 Å². The van der Waals surface area contributed by atoms with E-state index in [0.29, 0.717) is 6.54 Å². The van der Waals surface area contributed by atoms with Gasteiger partial charge >= 0.3 is 0 Å². The number of nitrogens with one attached hydrogen (secondary N) is 1. The molecular weight excluding hydrogens is 386 g/mol. The first-order valence-corrected chi connectivity index (χ1v) is 11.1. The van der Waals surface area contributed by atoms with Crippen LogP contribution in [0.5, 0.6) is 0 Å². The number of benzene rings is 2. The number of aromatic nitrogens is 1. The molecule has 5 heteroatoms. The monoisotopic (exact) mass is 415 g/mol. The van der Waals surface area contributed by atoms with Crippen LogP contribution >= 0.6 is 0 Å². The Kier molecular flexibility index (Phi) is 5.28. The van der Waals surface area contributed by atoms with Crippen molar-refractivity contribution in [3.63, 3.8) is 0 Å². The summed E-state index contributed by atoms with van der Waals surface area (Å²) in [6.45, 7) is 6.59. The summed E-state index contributed by atoms with van der Waals surface area (Å²) in [5.41, 5.74) is 6.28. The number of carbonyl (C=O) groups excluding carboxylic acids is 1. The van der Waals surface area contributed by atoms with E-state index in [2.05, 4.69) is 41.9 Å². The number of ether oxygens (including phenoxy) is 1. The van der Waals surface area contributed by atoms with Crippen LogP contribution in [0.4, 0.5) is 5.69 Å². The molecule has 5 nitrogen and oxygen atoms in total. The Morgan fingerprint density at radius 3 is 2.61 bits per heavy atom. The van der Waals surface area contributed by atoms with Gasteiger partial charge in [-0.25, -0.2) is 0 Å². The number of hydrogen-bond acceptors (Lipinski definition) is 3. The lowest BCUT2D eigenvalue weighted by molar-refractivity contribution is 0.0665. The van der Waals surface area contributed by atoms with Crippen LogP contribution in [0, 0.1) is 13.8 Å². The predicted molar refractivity (Wildman–Crippen MR) is 122 cm³/mol. The van der Waals surface area contributed by atoms with Gasteiger partial charge in [-0.15, -0.1) is 0 Å². The highest BCUT2D eigenvalue weighted by Crippen LogP contribution is 2.36. The molecule has 1 saturated heterocycles. The molecule has 3 aromatic rings. The summed E-state index contributed by atoms with van der Waals surface area (Å²) in [5, 5.41) is 3.65. The summed E-state index contributed by atoms with van der Waals surface area (Å²) in [6, 6.07) is 20.2. The van der Waals surface area contributed by atoms with E-state index in [0.717, 1.165) is 48.4 Å². The van der Waals surface area contributed by atoms with Gasteiger partial charge in [-0.1, -0.05) is 42.5 Å². The number of fused-ring (bicyclic) bond motifs is 1. The topological polar surface area (TPSA) is 46.5 Å². The molecule has 0 aliphatic carbocycles. The van der Waals surface area contributed by atoms with E-state index in [1.165, 1.54) is 11.4 Å². The average Bonchev–Trinajstić information content (AvgIpc) is 3.40. The summed E-state index contributed by atoms with van der Waals surface area (Å²) in [7, 11) is 0. The minimum atomic E-state index is -0.216. The van der Waals surface area contributed by atoms with Crippen LogP contribution < -0.4 is 5.32 Å². The maximum Gasteiger partial charge on any atom is 0.258 e. The van der Waals surface area contributed by atoms with Crippen molar-refractivity contribution in [2.45, 2.75) is 52.0 Å². The first-order chi connectivity index (χ1) is 15.1. The maximum absolute atomic E-state index is 13.5. The molecule has 0 radical (unpaired) electrons. The summed E-state index contributed by atoms with van der Waals surface area (Å²) < 4.78 is 8.23. The summed E-state index contributed by atoms with van der Waals surface area (Å²) in [5.74, 6) is 0.0622. The number of amides is 1. The molecule has 1 fully saturated rings. The van der Waals surface area contributed by atoms with Crippen molar-refractivity contribution in [2.75, 3.05) is 11.9 Å².